The summed E-state index contributed by atoms with van der Waals surface area (Å²) < 4.78 is 29.7. The highest BCUT2D eigenvalue weighted by atomic mass is 35.5. The number of aliphatic hydroxyl groups is 4. The van der Waals surface area contributed by atoms with Gasteiger partial charge in [0.2, 0.25) is 5.79 Å². The fourth-order valence-corrected chi connectivity index (χ4v) is 3.91. The van der Waals surface area contributed by atoms with Crippen LogP contribution in [0, 0.1) is 0 Å². The van der Waals surface area contributed by atoms with Crippen molar-refractivity contribution >= 4 is 11.6 Å². The summed E-state index contributed by atoms with van der Waals surface area (Å²) >= 11 is 6.22. The van der Waals surface area contributed by atoms with Crippen LogP contribution in [0.25, 0.3) is 0 Å². The van der Waals surface area contributed by atoms with Gasteiger partial charge in [0.15, 0.2) is 0 Å². The highest BCUT2D eigenvalue weighted by Gasteiger charge is 2.54. The summed E-state index contributed by atoms with van der Waals surface area (Å²) in [6.45, 7) is -1.15. The van der Waals surface area contributed by atoms with Crippen molar-refractivity contribution in [3.8, 4) is 5.75 Å². The Labute approximate surface area is 167 Å². The van der Waals surface area contributed by atoms with Gasteiger partial charge >= 0.3 is 0 Å². The van der Waals surface area contributed by atoms with Crippen LogP contribution in [0.2, 0.25) is 5.02 Å². The zero-order valence-electron chi connectivity index (χ0n) is 15.5. The van der Waals surface area contributed by atoms with Gasteiger partial charge in [-0.05, 0) is 37.8 Å². The summed E-state index contributed by atoms with van der Waals surface area (Å²) in [5.41, 5.74) is 0.0365. The Hall–Kier alpha value is -1.00. The van der Waals surface area contributed by atoms with Gasteiger partial charge in [-0.15, -0.1) is 0 Å². The van der Waals surface area contributed by atoms with E-state index < -0.39 is 36.9 Å². The first-order chi connectivity index (χ1) is 13.3. The molecule has 7 nitrogen and oxygen atoms in total. The van der Waals surface area contributed by atoms with Gasteiger partial charge in [-0.1, -0.05) is 17.7 Å². The van der Waals surface area contributed by atoms with Crippen LogP contribution in [0.15, 0.2) is 18.2 Å². The number of rotatable bonds is 5. The minimum Gasteiger partial charge on any atom is -0.489 e. The van der Waals surface area contributed by atoms with Crippen LogP contribution in [0.3, 0.4) is 0 Å². The third kappa shape index (κ3) is 4.14. The number of ether oxygens (including phenoxy) is 3. The molecule has 3 rings (SSSR count). The molecule has 1 aromatic rings. The van der Waals surface area contributed by atoms with E-state index >= 15 is 0 Å². The first-order valence-electron chi connectivity index (χ1n) is 9.30. The van der Waals surface area contributed by atoms with Crippen molar-refractivity contribution in [2.24, 2.45) is 0 Å². The van der Waals surface area contributed by atoms with Crippen molar-refractivity contribution < 1.29 is 39.0 Å². The molecule has 9 heteroatoms. The fraction of sp³-hybridized carbons (Fsp3) is 0.684. The molecule has 2 fully saturated rings. The summed E-state index contributed by atoms with van der Waals surface area (Å²) in [5.74, 6) is -2.15. The molecular weight excluding hydrogens is 395 g/mol. The van der Waals surface area contributed by atoms with E-state index in [9.17, 15) is 24.8 Å². The number of hydrogen-bond donors (Lipinski definition) is 4. The lowest BCUT2D eigenvalue weighted by Crippen LogP contribution is -2.63. The SMILES string of the molecule is COC1CCC(Oc2cc([C@]3(O)O[C@H](CF)[C@@H](O)[C@H](O)[C@H]3O)ccc2Cl)CC1. The van der Waals surface area contributed by atoms with Gasteiger partial charge in [-0.3, -0.25) is 0 Å². The van der Waals surface area contributed by atoms with Crippen LogP contribution in [0.5, 0.6) is 5.75 Å². The smallest absolute Gasteiger partial charge is 0.222 e. The van der Waals surface area contributed by atoms with E-state index in [4.69, 9.17) is 25.8 Å². The molecule has 158 valence electrons. The first kappa shape index (κ1) is 21.7. The van der Waals surface area contributed by atoms with Crippen molar-refractivity contribution in [1.29, 1.82) is 0 Å². The van der Waals surface area contributed by atoms with Gasteiger partial charge in [-0.25, -0.2) is 4.39 Å². The molecule has 1 aliphatic carbocycles. The van der Waals surface area contributed by atoms with E-state index in [1.165, 1.54) is 18.2 Å². The number of aliphatic hydroxyl groups excluding tert-OH is 3. The zero-order chi connectivity index (χ0) is 20.5. The minimum absolute atomic E-state index is 0.0365. The average molecular weight is 421 g/mol. The second-order valence-electron chi connectivity index (χ2n) is 7.33. The Balaban J connectivity index is 1.82. The lowest BCUT2D eigenvalue weighted by molar-refractivity contribution is -0.355. The molecule has 1 aromatic carbocycles. The first-order valence-corrected chi connectivity index (χ1v) is 9.67. The Morgan fingerprint density at radius 3 is 2.39 bits per heavy atom. The highest BCUT2D eigenvalue weighted by Crippen LogP contribution is 2.40. The van der Waals surface area contributed by atoms with Crippen LogP contribution >= 0.6 is 11.6 Å². The lowest BCUT2D eigenvalue weighted by atomic mass is 9.88. The molecule has 5 atom stereocenters. The molecule has 0 unspecified atom stereocenters. The van der Waals surface area contributed by atoms with E-state index in [2.05, 4.69) is 0 Å². The average Bonchev–Trinajstić information content (AvgIpc) is 2.71. The molecule has 4 N–H and O–H groups in total. The molecule has 1 aliphatic heterocycles. The Morgan fingerprint density at radius 2 is 1.79 bits per heavy atom. The molecule has 0 aromatic heterocycles. The van der Waals surface area contributed by atoms with E-state index in [0.717, 1.165) is 25.7 Å². The van der Waals surface area contributed by atoms with Crippen molar-refractivity contribution in [1.82, 2.24) is 0 Å². The highest BCUT2D eigenvalue weighted by molar-refractivity contribution is 6.32. The Bertz CT molecular complexity index is 668. The quantitative estimate of drug-likeness (QED) is 0.568. The van der Waals surface area contributed by atoms with E-state index in [1.54, 1.807) is 7.11 Å². The number of alkyl halides is 1. The molecular formula is C19H26ClFO7. The maximum atomic E-state index is 13.2. The molecule has 0 spiro atoms. The van der Waals surface area contributed by atoms with Gasteiger partial charge < -0.3 is 34.6 Å². The van der Waals surface area contributed by atoms with Gasteiger partial charge in [0, 0.05) is 12.7 Å². The maximum absolute atomic E-state index is 13.2. The monoisotopic (exact) mass is 420 g/mol. The normalized spacial score (nSPS) is 39.0. The third-order valence-electron chi connectivity index (χ3n) is 5.53. The van der Waals surface area contributed by atoms with Gasteiger partial charge in [-0.2, -0.15) is 0 Å². The Kier molecular flexibility index (Phi) is 6.81. The van der Waals surface area contributed by atoms with Gasteiger partial charge in [0.25, 0.3) is 0 Å². The standard InChI is InChI=1S/C19H26ClFO7/c1-26-11-3-5-12(6-4-11)27-14-8-10(2-7-13(14)20)19(25)18(24)17(23)16(22)15(9-21)28-19/h2,7-8,11-12,15-18,22-25H,3-6,9H2,1H3/t11?,12?,15-,16-,17+,18-,19+/m1/s1. The van der Waals surface area contributed by atoms with Crippen molar-refractivity contribution in [2.45, 2.75) is 68.1 Å². The maximum Gasteiger partial charge on any atom is 0.222 e. The van der Waals surface area contributed by atoms with Crippen LogP contribution in [-0.2, 0) is 15.3 Å². The molecule has 0 amide bonds. The zero-order valence-corrected chi connectivity index (χ0v) is 16.3. The molecule has 1 heterocycles. The second kappa shape index (κ2) is 8.79. The molecule has 28 heavy (non-hydrogen) atoms. The predicted molar refractivity (Wildman–Crippen MR) is 97.9 cm³/mol. The van der Waals surface area contributed by atoms with Gasteiger partial charge in [0.1, 0.15) is 36.8 Å². The summed E-state index contributed by atoms with van der Waals surface area (Å²) in [7, 11) is 1.68. The summed E-state index contributed by atoms with van der Waals surface area (Å²) in [6.07, 6.45) is -3.46. The number of benzene rings is 1. The van der Waals surface area contributed by atoms with E-state index in [1.807, 2.05) is 0 Å². The van der Waals surface area contributed by atoms with Gasteiger partial charge in [0.05, 0.1) is 17.2 Å². The summed E-state index contributed by atoms with van der Waals surface area (Å²) in [4.78, 5) is 0. The molecule has 0 radical (unpaired) electrons. The summed E-state index contributed by atoms with van der Waals surface area (Å²) in [5, 5.41) is 41.2. The summed E-state index contributed by atoms with van der Waals surface area (Å²) in [6, 6.07) is 4.25. The number of halogens is 2. The Morgan fingerprint density at radius 1 is 1.14 bits per heavy atom. The van der Waals surface area contributed by atoms with Crippen molar-refractivity contribution in [3.63, 3.8) is 0 Å². The molecule has 0 bridgehead atoms. The molecule has 1 saturated carbocycles. The molecule has 1 saturated heterocycles. The fourth-order valence-electron chi connectivity index (χ4n) is 3.75. The second-order valence-corrected chi connectivity index (χ2v) is 7.74. The molecule has 2 aliphatic rings. The third-order valence-corrected chi connectivity index (χ3v) is 5.84. The van der Waals surface area contributed by atoms with Crippen molar-refractivity contribution in [2.75, 3.05) is 13.8 Å². The van der Waals surface area contributed by atoms with Crippen molar-refractivity contribution in [3.05, 3.63) is 28.8 Å². The van der Waals surface area contributed by atoms with Crippen LogP contribution in [-0.4, -0.2) is 70.8 Å². The van der Waals surface area contributed by atoms with Crippen LogP contribution in [0.4, 0.5) is 4.39 Å². The predicted octanol–water partition coefficient (Wildman–Crippen LogP) is 1.27. The minimum atomic E-state index is -2.42. The topological polar surface area (TPSA) is 109 Å². The van der Waals surface area contributed by atoms with Crippen LogP contribution < -0.4 is 4.74 Å². The largest absolute Gasteiger partial charge is 0.489 e. The van der Waals surface area contributed by atoms with E-state index in [-0.39, 0.29) is 23.5 Å². The van der Waals surface area contributed by atoms with E-state index in [0.29, 0.717) is 5.02 Å². The number of methoxy groups -OCH3 is 1. The number of hydrogen-bond acceptors (Lipinski definition) is 7. The lowest BCUT2D eigenvalue weighted by Gasteiger charge is -2.45. The van der Waals surface area contributed by atoms with Crippen LogP contribution in [0.1, 0.15) is 31.2 Å².